The second-order valence-corrected chi connectivity index (χ2v) is 4.19. The van der Waals surface area contributed by atoms with Gasteiger partial charge in [0.15, 0.2) is 0 Å². The summed E-state index contributed by atoms with van der Waals surface area (Å²) < 4.78 is 0. The van der Waals surface area contributed by atoms with Gasteiger partial charge >= 0.3 is 0 Å². The Morgan fingerprint density at radius 1 is 1.18 bits per heavy atom. The minimum Gasteiger partial charge on any atom is -0.132 e. The average molecular weight is 170 g/mol. The van der Waals surface area contributed by atoms with E-state index in [1.165, 1.54) is 12.8 Å². The molecule has 0 heterocycles. The first kappa shape index (κ1) is 10.8. The van der Waals surface area contributed by atoms with E-state index < -0.39 is 0 Å². The van der Waals surface area contributed by atoms with Crippen LogP contribution in [0.15, 0.2) is 23.6 Å². The Balaban J connectivity index is 3.16. The summed E-state index contributed by atoms with van der Waals surface area (Å²) in [6, 6.07) is 0. The molecule has 0 rings (SSSR count). The maximum Gasteiger partial charge on any atom is 0.00316 e. The molecule has 0 bridgehead atoms. The van der Waals surface area contributed by atoms with E-state index in [9.17, 15) is 0 Å². The Morgan fingerprint density at radius 2 is 1.82 bits per heavy atom. The van der Waals surface area contributed by atoms with Crippen molar-refractivity contribution in [2.75, 3.05) is 0 Å². The third kappa shape index (κ3) is 9.83. The molecule has 0 radical (unpaired) electrons. The van der Waals surface area contributed by atoms with Crippen LogP contribution in [-0.4, -0.2) is 5.25 Å². The zero-order valence-corrected chi connectivity index (χ0v) is 8.53. The van der Waals surface area contributed by atoms with E-state index in [0.29, 0.717) is 5.25 Å². The largest absolute Gasteiger partial charge is 0.132 e. The predicted octanol–water partition coefficient (Wildman–Crippen LogP) is 4.00. The molecule has 0 N–H and O–H groups in total. The van der Waals surface area contributed by atoms with Gasteiger partial charge in [-0.25, -0.2) is 0 Å². The Bertz CT molecular complexity index is 123. The number of hydrogen-bond acceptors (Lipinski definition) is 1. The summed E-state index contributed by atoms with van der Waals surface area (Å²) in [5.74, 6) is 0. The lowest BCUT2D eigenvalue weighted by atomic mass is 10.3. The van der Waals surface area contributed by atoms with Crippen molar-refractivity contribution in [3.05, 3.63) is 23.6 Å². The summed E-state index contributed by atoms with van der Waals surface area (Å²) in [5, 5.41) is 2.92. The van der Waals surface area contributed by atoms with E-state index in [2.05, 4.69) is 44.4 Å². The van der Waals surface area contributed by atoms with Gasteiger partial charge in [0, 0.05) is 5.25 Å². The van der Waals surface area contributed by atoms with Gasteiger partial charge in [0.1, 0.15) is 0 Å². The monoisotopic (exact) mass is 170 g/mol. The summed E-state index contributed by atoms with van der Waals surface area (Å²) in [5.41, 5.74) is 0. The van der Waals surface area contributed by atoms with Crippen LogP contribution in [0.25, 0.3) is 0 Å². The zero-order chi connectivity index (χ0) is 8.53. The number of hydrogen-bond donors (Lipinski definition) is 0. The highest BCUT2D eigenvalue weighted by Gasteiger charge is 1.85. The van der Waals surface area contributed by atoms with Crippen molar-refractivity contribution >= 4 is 11.8 Å². The lowest BCUT2D eigenvalue weighted by Gasteiger charge is -1.95. The lowest BCUT2D eigenvalue weighted by Crippen LogP contribution is -1.80. The van der Waals surface area contributed by atoms with Crippen molar-refractivity contribution in [3.63, 3.8) is 0 Å². The predicted molar refractivity (Wildman–Crippen MR) is 55.9 cm³/mol. The lowest BCUT2D eigenvalue weighted by molar-refractivity contribution is 1.05. The molecule has 64 valence electrons. The summed E-state index contributed by atoms with van der Waals surface area (Å²) in [7, 11) is 0. The average Bonchev–Trinajstić information content (AvgIpc) is 1.96. The highest BCUT2D eigenvalue weighted by molar-refractivity contribution is 8.02. The van der Waals surface area contributed by atoms with Gasteiger partial charge in [-0.15, -0.1) is 11.8 Å². The van der Waals surface area contributed by atoms with Crippen molar-refractivity contribution in [1.29, 1.82) is 0 Å². The smallest absolute Gasteiger partial charge is 0.00316 e. The third-order valence-electron chi connectivity index (χ3n) is 1.18. The number of unbranched alkanes of at least 4 members (excludes halogenated alkanes) is 1. The molecular weight excluding hydrogens is 152 g/mol. The molecule has 0 aromatic heterocycles. The second-order valence-electron chi connectivity index (χ2n) is 2.70. The fourth-order valence-corrected chi connectivity index (χ4v) is 1.20. The van der Waals surface area contributed by atoms with Crippen LogP contribution in [0.3, 0.4) is 0 Å². The van der Waals surface area contributed by atoms with E-state index in [1.807, 2.05) is 11.8 Å². The quantitative estimate of drug-likeness (QED) is 0.444. The topological polar surface area (TPSA) is 0 Å². The standard InChI is InChI=1S/C10H18S/c1-4-5-6-7-8-9-11-10(2)3/h4-5,8-10H,6-7H2,1-3H3. The molecule has 0 aromatic rings. The van der Waals surface area contributed by atoms with Crippen molar-refractivity contribution in [1.82, 2.24) is 0 Å². The van der Waals surface area contributed by atoms with Crippen molar-refractivity contribution < 1.29 is 0 Å². The SMILES string of the molecule is CC=CCCC=CSC(C)C. The molecule has 0 unspecified atom stereocenters. The molecule has 0 aromatic carbocycles. The van der Waals surface area contributed by atoms with Crippen LogP contribution in [0.5, 0.6) is 0 Å². The minimum absolute atomic E-state index is 0.716. The molecule has 0 atom stereocenters. The number of rotatable bonds is 5. The van der Waals surface area contributed by atoms with Gasteiger partial charge in [0.2, 0.25) is 0 Å². The Labute approximate surface area is 74.8 Å². The molecule has 0 aliphatic heterocycles. The molecule has 0 aliphatic carbocycles. The van der Waals surface area contributed by atoms with Gasteiger partial charge in [-0.3, -0.25) is 0 Å². The van der Waals surface area contributed by atoms with Crippen LogP contribution >= 0.6 is 11.8 Å². The first-order chi connectivity index (χ1) is 5.27. The third-order valence-corrected chi connectivity index (χ3v) is 2.08. The fourth-order valence-electron chi connectivity index (χ4n) is 0.640. The van der Waals surface area contributed by atoms with E-state index in [4.69, 9.17) is 0 Å². The minimum atomic E-state index is 0.716. The van der Waals surface area contributed by atoms with Gasteiger partial charge in [-0.2, -0.15) is 0 Å². The first-order valence-electron chi connectivity index (χ1n) is 4.19. The molecule has 0 saturated carbocycles. The van der Waals surface area contributed by atoms with E-state index >= 15 is 0 Å². The van der Waals surface area contributed by atoms with Crippen molar-refractivity contribution in [2.24, 2.45) is 0 Å². The van der Waals surface area contributed by atoms with Gasteiger partial charge in [-0.05, 0) is 25.2 Å². The summed E-state index contributed by atoms with van der Waals surface area (Å²) in [6.07, 6.45) is 8.88. The van der Waals surface area contributed by atoms with Crippen LogP contribution in [0.4, 0.5) is 0 Å². The summed E-state index contributed by atoms with van der Waals surface area (Å²) in [6.45, 7) is 6.48. The van der Waals surface area contributed by atoms with Gasteiger partial charge in [-0.1, -0.05) is 32.1 Å². The van der Waals surface area contributed by atoms with E-state index in [-0.39, 0.29) is 0 Å². The molecular formula is C10H18S. The highest BCUT2D eigenvalue weighted by Crippen LogP contribution is 2.10. The molecule has 0 amide bonds. The second kappa shape index (κ2) is 7.93. The summed E-state index contributed by atoms with van der Waals surface area (Å²) >= 11 is 1.88. The number of thioether (sulfide) groups is 1. The Hall–Kier alpha value is -0.170. The maximum absolute atomic E-state index is 2.24. The molecule has 0 fully saturated rings. The Kier molecular flexibility index (Phi) is 7.81. The molecule has 11 heavy (non-hydrogen) atoms. The van der Waals surface area contributed by atoms with Crippen LogP contribution < -0.4 is 0 Å². The van der Waals surface area contributed by atoms with Crippen LogP contribution in [-0.2, 0) is 0 Å². The molecule has 0 saturated heterocycles. The molecule has 0 aliphatic rings. The van der Waals surface area contributed by atoms with Crippen LogP contribution in [0, 0.1) is 0 Å². The normalized spacial score (nSPS) is 12.4. The van der Waals surface area contributed by atoms with Crippen LogP contribution in [0.1, 0.15) is 33.6 Å². The van der Waals surface area contributed by atoms with E-state index in [1.54, 1.807) is 0 Å². The highest BCUT2D eigenvalue weighted by atomic mass is 32.2. The molecule has 1 heteroatoms. The summed E-state index contributed by atoms with van der Waals surface area (Å²) in [4.78, 5) is 0. The molecule has 0 spiro atoms. The zero-order valence-electron chi connectivity index (χ0n) is 7.71. The number of allylic oxidation sites excluding steroid dienone is 3. The van der Waals surface area contributed by atoms with E-state index in [0.717, 1.165) is 0 Å². The van der Waals surface area contributed by atoms with Crippen molar-refractivity contribution in [3.8, 4) is 0 Å². The van der Waals surface area contributed by atoms with Crippen molar-refractivity contribution in [2.45, 2.75) is 38.9 Å². The van der Waals surface area contributed by atoms with Crippen LogP contribution in [0.2, 0.25) is 0 Å². The van der Waals surface area contributed by atoms with Gasteiger partial charge in [0.25, 0.3) is 0 Å². The first-order valence-corrected chi connectivity index (χ1v) is 5.13. The van der Waals surface area contributed by atoms with Gasteiger partial charge in [0.05, 0.1) is 0 Å². The van der Waals surface area contributed by atoms with Gasteiger partial charge < -0.3 is 0 Å². The Morgan fingerprint density at radius 3 is 2.36 bits per heavy atom. The maximum atomic E-state index is 2.24. The molecule has 0 nitrogen and oxygen atoms in total. The fraction of sp³-hybridized carbons (Fsp3) is 0.600.